The van der Waals surface area contributed by atoms with E-state index < -0.39 is 10.1 Å². The van der Waals surface area contributed by atoms with Gasteiger partial charge in [-0.15, -0.1) is 0 Å². The molecule has 0 fully saturated rings. The fourth-order valence-corrected chi connectivity index (χ4v) is 0.452. The molecule has 0 aromatic carbocycles. The van der Waals surface area contributed by atoms with Crippen LogP contribution in [0.5, 0.6) is 0 Å². The summed E-state index contributed by atoms with van der Waals surface area (Å²) in [5, 5.41) is 0.552. The van der Waals surface area contributed by atoms with Gasteiger partial charge in [0.2, 0.25) is 0 Å². The van der Waals surface area contributed by atoms with Crippen LogP contribution in [0.4, 0.5) is 0 Å². The molecule has 58 valence electrons. The van der Waals surface area contributed by atoms with Crippen LogP contribution < -0.4 is 0 Å². The van der Waals surface area contributed by atoms with Crippen LogP contribution in [0.3, 0.4) is 0 Å². The van der Waals surface area contributed by atoms with Crippen LogP contribution in [-0.4, -0.2) is 19.6 Å². The van der Waals surface area contributed by atoms with Crippen LogP contribution >= 0.6 is 0 Å². The Morgan fingerprint density at radius 2 is 2.20 bits per heavy atom. The highest BCUT2D eigenvalue weighted by Crippen LogP contribution is 1.85. The van der Waals surface area contributed by atoms with Gasteiger partial charge in [0.25, 0.3) is 10.1 Å². The molecule has 0 aliphatic rings. The van der Waals surface area contributed by atoms with Crippen LogP contribution in [0.1, 0.15) is 0 Å². The minimum absolute atomic E-state index is 0.214. The molecule has 0 heterocycles. The van der Waals surface area contributed by atoms with E-state index in [1.54, 1.807) is 0 Å². The van der Waals surface area contributed by atoms with Gasteiger partial charge in [-0.3, -0.25) is 4.55 Å². The minimum Gasteiger partial charge on any atom is -0.496 e. The molecule has 0 aromatic rings. The highest BCUT2D eigenvalue weighted by Gasteiger charge is 1.93. The first-order chi connectivity index (χ1) is 4.56. The van der Waals surface area contributed by atoms with Crippen molar-refractivity contribution in [2.75, 3.05) is 6.61 Å². The summed E-state index contributed by atoms with van der Waals surface area (Å²) in [7, 11) is -4.04. The highest BCUT2D eigenvalue weighted by atomic mass is 32.2. The van der Waals surface area contributed by atoms with Gasteiger partial charge in [-0.1, -0.05) is 12.7 Å². The molecule has 0 saturated heterocycles. The molecule has 0 spiro atoms. The molecule has 0 saturated carbocycles. The summed E-state index contributed by atoms with van der Waals surface area (Å²) in [5.41, 5.74) is 0. The van der Waals surface area contributed by atoms with Crippen molar-refractivity contribution < 1.29 is 17.7 Å². The molecule has 0 unspecified atom stereocenters. The van der Waals surface area contributed by atoms with E-state index in [2.05, 4.69) is 11.3 Å². The molecule has 5 heteroatoms. The zero-order valence-electron chi connectivity index (χ0n) is 5.23. The van der Waals surface area contributed by atoms with Gasteiger partial charge < -0.3 is 4.74 Å². The lowest BCUT2D eigenvalue weighted by Crippen LogP contribution is -1.90. The average Bonchev–Trinajstić information content (AvgIpc) is 1.78. The maximum atomic E-state index is 9.96. The van der Waals surface area contributed by atoms with Gasteiger partial charge in [0, 0.05) is 0 Å². The summed E-state index contributed by atoms with van der Waals surface area (Å²) in [4.78, 5) is 0. The Kier molecular flexibility index (Phi) is 3.75. The third-order valence-corrected chi connectivity index (χ3v) is 0.993. The van der Waals surface area contributed by atoms with E-state index in [9.17, 15) is 8.42 Å². The van der Waals surface area contributed by atoms with Crippen LogP contribution in [0.2, 0.25) is 0 Å². The molecule has 0 aliphatic carbocycles. The molecular formula is C5H8O4S. The lowest BCUT2D eigenvalue weighted by Gasteiger charge is -1.90. The van der Waals surface area contributed by atoms with Gasteiger partial charge in [-0.25, -0.2) is 0 Å². The average molecular weight is 164 g/mol. The predicted octanol–water partition coefficient (Wildman–Crippen LogP) is 0.548. The summed E-state index contributed by atoms with van der Waals surface area (Å²) < 4.78 is 32.5. The standard InChI is InChI=1S/C5H8O4S/c1-2-3-9-4-5-10(6,7)8/h2,4-5H,1,3H2,(H,6,7,8). The number of ether oxygens (including phenoxy) is 1. The summed E-state index contributed by atoms with van der Waals surface area (Å²) >= 11 is 0. The Morgan fingerprint density at radius 1 is 1.60 bits per heavy atom. The molecule has 0 radical (unpaired) electrons. The van der Waals surface area contributed by atoms with E-state index in [1.807, 2.05) is 0 Å². The Labute approximate surface area is 59.6 Å². The van der Waals surface area contributed by atoms with E-state index in [-0.39, 0.29) is 6.61 Å². The second-order valence-corrected chi connectivity index (χ2v) is 2.71. The molecule has 10 heavy (non-hydrogen) atoms. The zero-order chi connectivity index (χ0) is 8.04. The van der Waals surface area contributed by atoms with Gasteiger partial charge in [-0.2, -0.15) is 8.42 Å². The topological polar surface area (TPSA) is 63.6 Å². The minimum atomic E-state index is -4.04. The first-order valence-corrected chi connectivity index (χ1v) is 3.93. The Morgan fingerprint density at radius 3 is 2.60 bits per heavy atom. The summed E-state index contributed by atoms with van der Waals surface area (Å²) in [6.07, 6.45) is 2.34. The second-order valence-electron chi connectivity index (χ2n) is 1.41. The van der Waals surface area contributed by atoms with Gasteiger partial charge >= 0.3 is 0 Å². The molecular weight excluding hydrogens is 156 g/mol. The Balaban J connectivity index is 3.68. The molecule has 0 bridgehead atoms. The van der Waals surface area contributed by atoms with Crippen molar-refractivity contribution >= 4 is 10.1 Å². The zero-order valence-corrected chi connectivity index (χ0v) is 6.04. The highest BCUT2D eigenvalue weighted by molar-refractivity contribution is 7.88. The predicted molar refractivity (Wildman–Crippen MR) is 36.8 cm³/mol. The second kappa shape index (κ2) is 4.08. The van der Waals surface area contributed by atoms with Crippen molar-refractivity contribution in [2.45, 2.75) is 0 Å². The summed E-state index contributed by atoms with van der Waals surface area (Å²) in [6, 6.07) is 0. The third-order valence-electron chi connectivity index (χ3n) is 0.538. The van der Waals surface area contributed by atoms with E-state index in [0.717, 1.165) is 6.26 Å². The van der Waals surface area contributed by atoms with Crippen molar-refractivity contribution in [2.24, 2.45) is 0 Å². The summed E-state index contributed by atoms with van der Waals surface area (Å²) in [5.74, 6) is 0. The van der Waals surface area contributed by atoms with E-state index in [4.69, 9.17) is 4.55 Å². The quantitative estimate of drug-likeness (QED) is 0.285. The first kappa shape index (κ1) is 9.19. The third kappa shape index (κ3) is 7.19. The number of rotatable bonds is 4. The van der Waals surface area contributed by atoms with Crippen LogP contribution in [0.25, 0.3) is 0 Å². The van der Waals surface area contributed by atoms with Crippen LogP contribution in [0.15, 0.2) is 24.3 Å². The molecule has 0 rings (SSSR count). The van der Waals surface area contributed by atoms with E-state index in [1.165, 1.54) is 6.08 Å². The molecule has 1 N–H and O–H groups in total. The summed E-state index contributed by atoms with van der Waals surface area (Å²) in [6.45, 7) is 3.54. The first-order valence-electron chi connectivity index (χ1n) is 2.43. The largest absolute Gasteiger partial charge is 0.496 e. The van der Waals surface area contributed by atoms with Crippen LogP contribution in [-0.2, 0) is 14.9 Å². The molecule has 0 atom stereocenters. The van der Waals surface area contributed by atoms with Crippen molar-refractivity contribution in [1.29, 1.82) is 0 Å². The Bertz CT molecular complexity index is 214. The smallest absolute Gasteiger partial charge is 0.290 e. The molecule has 0 aliphatic heterocycles. The van der Waals surface area contributed by atoms with Gasteiger partial charge in [-0.05, 0) is 0 Å². The van der Waals surface area contributed by atoms with Crippen molar-refractivity contribution in [3.8, 4) is 0 Å². The van der Waals surface area contributed by atoms with Gasteiger partial charge in [0.1, 0.15) is 6.61 Å². The lowest BCUT2D eigenvalue weighted by molar-refractivity contribution is 0.290. The fourth-order valence-electron chi connectivity index (χ4n) is 0.233. The van der Waals surface area contributed by atoms with E-state index >= 15 is 0 Å². The van der Waals surface area contributed by atoms with Crippen molar-refractivity contribution in [3.63, 3.8) is 0 Å². The Hall–Kier alpha value is -0.810. The number of hydrogen-bond donors (Lipinski definition) is 1. The van der Waals surface area contributed by atoms with Gasteiger partial charge in [0.05, 0.1) is 11.7 Å². The van der Waals surface area contributed by atoms with Crippen LogP contribution in [0, 0.1) is 0 Å². The molecule has 0 amide bonds. The van der Waals surface area contributed by atoms with Gasteiger partial charge in [0.15, 0.2) is 0 Å². The maximum Gasteiger partial charge on any atom is 0.290 e. The normalized spacial score (nSPS) is 11.7. The van der Waals surface area contributed by atoms with Crippen molar-refractivity contribution in [3.05, 3.63) is 24.3 Å². The fraction of sp³-hybridized carbons (Fsp3) is 0.200. The molecule has 4 nitrogen and oxygen atoms in total. The number of hydrogen-bond acceptors (Lipinski definition) is 3. The SMILES string of the molecule is C=CCOC=CS(=O)(=O)O. The monoisotopic (exact) mass is 164 g/mol. The molecule has 0 aromatic heterocycles. The van der Waals surface area contributed by atoms with Crippen molar-refractivity contribution in [1.82, 2.24) is 0 Å². The lowest BCUT2D eigenvalue weighted by atomic mass is 10.7. The van der Waals surface area contributed by atoms with E-state index in [0.29, 0.717) is 5.41 Å². The maximum absolute atomic E-state index is 9.96.